The predicted molar refractivity (Wildman–Crippen MR) is 101 cm³/mol. The van der Waals surface area contributed by atoms with Crippen LogP contribution in [0.2, 0.25) is 0 Å². The minimum atomic E-state index is 0. The van der Waals surface area contributed by atoms with Crippen molar-refractivity contribution in [1.82, 2.24) is 15.2 Å². The maximum Gasteiger partial charge on any atom is 0.108 e. The van der Waals surface area contributed by atoms with E-state index in [0.29, 0.717) is 0 Å². The van der Waals surface area contributed by atoms with Gasteiger partial charge in [-0.15, -0.1) is 36.2 Å². The maximum atomic E-state index is 4.74. The number of rotatable bonds is 5. The van der Waals surface area contributed by atoms with Crippen molar-refractivity contribution < 1.29 is 0 Å². The van der Waals surface area contributed by atoms with Crippen LogP contribution in [0.4, 0.5) is 0 Å². The Morgan fingerprint density at radius 3 is 2.64 bits per heavy atom. The molecule has 0 saturated carbocycles. The molecule has 1 aliphatic heterocycles. The summed E-state index contributed by atoms with van der Waals surface area (Å²) in [6, 6.07) is 8.44. The highest BCUT2D eigenvalue weighted by Crippen LogP contribution is 2.24. The molecule has 1 aromatic carbocycles. The highest BCUT2D eigenvalue weighted by atomic mass is 35.5. The van der Waals surface area contributed by atoms with Gasteiger partial charge in [0.1, 0.15) is 5.01 Å². The van der Waals surface area contributed by atoms with Crippen molar-refractivity contribution >= 4 is 46.4 Å². The molecule has 0 bridgehead atoms. The third-order valence-corrected chi connectivity index (χ3v) is 5.11. The number of hydrogen-bond acceptors (Lipinski definition) is 4. The number of halogens is 2. The number of nitrogens with one attached hydrogen (secondary N) is 1. The highest BCUT2D eigenvalue weighted by Gasteiger charge is 2.19. The summed E-state index contributed by atoms with van der Waals surface area (Å²) in [7, 11) is 0. The average molecular weight is 362 g/mol. The third-order valence-electron chi connectivity index (χ3n) is 4.09. The van der Waals surface area contributed by atoms with Gasteiger partial charge in [-0.05, 0) is 57.1 Å². The predicted octanol–water partition coefficient (Wildman–Crippen LogP) is 3.96. The maximum absolute atomic E-state index is 4.74. The molecule has 22 heavy (non-hydrogen) atoms. The van der Waals surface area contributed by atoms with Crippen molar-refractivity contribution in [2.75, 3.05) is 26.2 Å². The number of aromatic nitrogens is 1. The first-order chi connectivity index (χ1) is 9.85. The van der Waals surface area contributed by atoms with Crippen LogP contribution >= 0.6 is 36.2 Å². The van der Waals surface area contributed by atoms with Gasteiger partial charge >= 0.3 is 0 Å². The largest absolute Gasteiger partial charge is 0.317 e. The molecule has 2 heterocycles. The second-order valence-electron chi connectivity index (χ2n) is 5.60. The fourth-order valence-corrected chi connectivity index (χ4v) is 3.89. The highest BCUT2D eigenvalue weighted by molar-refractivity contribution is 7.18. The number of piperidine rings is 1. The number of hydrogen-bond donors (Lipinski definition) is 1. The molecule has 1 N–H and O–H groups in total. The summed E-state index contributed by atoms with van der Waals surface area (Å²) >= 11 is 1.84. The molecule has 2 aromatic rings. The zero-order valence-corrected chi connectivity index (χ0v) is 15.4. The SMILES string of the molecule is CCNCC1CCN(Cc2nc3ccccc3s2)CC1.Cl.Cl. The summed E-state index contributed by atoms with van der Waals surface area (Å²) in [5, 5.41) is 4.73. The Morgan fingerprint density at radius 1 is 1.23 bits per heavy atom. The van der Waals surface area contributed by atoms with Crippen LogP contribution in [0.5, 0.6) is 0 Å². The van der Waals surface area contributed by atoms with Crippen LogP contribution in [0.3, 0.4) is 0 Å². The van der Waals surface area contributed by atoms with Crippen molar-refractivity contribution in [3.63, 3.8) is 0 Å². The van der Waals surface area contributed by atoms with Gasteiger partial charge in [0, 0.05) is 0 Å². The van der Waals surface area contributed by atoms with Crippen molar-refractivity contribution in [1.29, 1.82) is 0 Å². The number of benzene rings is 1. The Labute approximate surface area is 149 Å². The minimum absolute atomic E-state index is 0. The molecule has 1 aliphatic rings. The molecular formula is C16H25Cl2N3S. The number of likely N-dealkylation sites (tertiary alicyclic amines) is 1. The number of fused-ring (bicyclic) bond motifs is 1. The molecule has 0 amide bonds. The number of thiazole rings is 1. The molecule has 6 heteroatoms. The Hall–Kier alpha value is -0.390. The minimum Gasteiger partial charge on any atom is -0.317 e. The van der Waals surface area contributed by atoms with Gasteiger partial charge < -0.3 is 5.32 Å². The van der Waals surface area contributed by atoms with Crippen LogP contribution < -0.4 is 5.32 Å². The molecule has 0 atom stereocenters. The molecule has 1 fully saturated rings. The first-order valence-electron chi connectivity index (χ1n) is 7.62. The van der Waals surface area contributed by atoms with Gasteiger partial charge in [0.2, 0.25) is 0 Å². The molecule has 124 valence electrons. The normalized spacial score (nSPS) is 16.2. The Balaban J connectivity index is 0.00000121. The summed E-state index contributed by atoms with van der Waals surface area (Å²) in [4.78, 5) is 7.30. The second-order valence-corrected chi connectivity index (χ2v) is 6.72. The van der Waals surface area contributed by atoms with E-state index >= 15 is 0 Å². The van der Waals surface area contributed by atoms with Crippen molar-refractivity contribution in [2.24, 2.45) is 5.92 Å². The number of nitrogens with zero attached hydrogens (tertiary/aromatic N) is 2. The third kappa shape index (κ3) is 5.07. The lowest BCUT2D eigenvalue weighted by molar-refractivity contribution is 0.176. The van der Waals surface area contributed by atoms with Crippen LogP contribution in [0, 0.1) is 5.92 Å². The van der Waals surface area contributed by atoms with Crippen LogP contribution in [0.1, 0.15) is 24.8 Å². The molecule has 0 aliphatic carbocycles. The van der Waals surface area contributed by atoms with E-state index in [2.05, 4.69) is 41.4 Å². The second kappa shape index (κ2) is 9.68. The van der Waals surface area contributed by atoms with Crippen LogP contribution in [0.15, 0.2) is 24.3 Å². The van der Waals surface area contributed by atoms with E-state index in [1.165, 1.54) is 42.2 Å². The van der Waals surface area contributed by atoms with E-state index in [1.807, 2.05) is 11.3 Å². The lowest BCUT2D eigenvalue weighted by Gasteiger charge is -2.31. The topological polar surface area (TPSA) is 28.2 Å². The lowest BCUT2D eigenvalue weighted by Crippen LogP contribution is -2.36. The van der Waals surface area contributed by atoms with Crippen LogP contribution in [-0.2, 0) is 6.54 Å². The van der Waals surface area contributed by atoms with E-state index in [1.54, 1.807) is 0 Å². The fraction of sp³-hybridized carbons (Fsp3) is 0.562. The zero-order chi connectivity index (χ0) is 13.8. The lowest BCUT2D eigenvalue weighted by atomic mass is 9.97. The summed E-state index contributed by atoms with van der Waals surface area (Å²) in [6.07, 6.45) is 2.63. The van der Waals surface area contributed by atoms with Crippen molar-refractivity contribution in [3.8, 4) is 0 Å². The van der Waals surface area contributed by atoms with Gasteiger partial charge in [-0.2, -0.15) is 0 Å². The van der Waals surface area contributed by atoms with Gasteiger partial charge in [-0.1, -0.05) is 19.1 Å². The molecule has 0 radical (unpaired) electrons. The van der Waals surface area contributed by atoms with Gasteiger partial charge in [0.25, 0.3) is 0 Å². The summed E-state index contributed by atoms with van der Waals surface area (Å²) in [5.74, 6) is 0.863. The summed E-state index contributed by atoms with van der Waals surface area (Å²) < 4.78 is 1.31. The van der Waals surface area contributed by atoms with E-state index < -0.39 is 0 Å². The van der Waals surface area contributed by atoms with Gasteiger partial charge in [-0.25, -0.2) is 4.98 Å². The monoisotopic (exact) mass is 361 g/mol. The molecule has 3 nitrogen and oxygen atoms in total. The Kier molecular flexibility index (Phi) is 8.65. The zero-order valence-electron chi connectivity index (χ0n) is 13.0. The van der Waals surface area contributed by atoms with Gasteiger partial charge in [-0.3, -0.25) is 4.90 Å². The first-order valence-corrected chi connectivity index (χ1v) is 8.44. The molecule has 3 rings (SSSR count). The first kappa shape index (κ1) is 19.7. The van der Waals surface area contributed by atoms with Gasteiger partial charge in [0.15, 0.2) is 0 Å². The standard InChI is InChI=1S/C16H23N3S.2ClH/c1-2-17-11-13-7-9-19(10-8-13)12-16-18-14-5-3-4-6-15(14)20-16;;/h3-6,13,17H,2,7-12H2,1H3;2*1H. The smallest absolute Gasteiger partial charge is 0.108 e. The molecule has 1 saturated heterocycles. The average Bonchev–Trinajstić information content (AvgIpc) is 2.89. The van der Waals surface area contributed by atoms with Crippen LogP contribution in [0.25, 0.3) is 10.2 Å². The van der Waals surface area contributed by atoms with E-state index in [-0.39, 0.29) is 24.8 Å². The molecular weight excluding hydrogens is 337 g/mol. The van der Waals surface area contributed by atoms with E-state index in [4.69, 9.17) is 4.98 Å². The summed E-state index contributed by atoms with van der Waals surface area (Å²) in [5.41, 5.74) is 1.15. The fourth-order valence-electron chi connectivity index (χ4n) is 2.88. The quantitative estimate of drug-likeness (QED) is 0.873. The molecule has 1 aromatic heterocycles. The summed E-state index contributed by atoms with van der Waals surface area (Å²) in [6.45, 7) is 7.91. The molecule has 0 spiro atoms. The van der Waals surface area contributed by atoms with Crippen molar-refractivity contribution in [3.05, 3.63) is 29.3 Å². The number of para-hydroxylation sites is 1. The van der Waals surface area contributed by atoms with Gasteiger partial charge in [0.05, 0.1) is 16.8 Å². The van der Waals surface area contributed by atoms with E-state index in [9.17, 15) is 0 Å². The van der Waals surface area contributed by atoms with Crippen LogP contribution in [-0.4, -0.2) is 36.1 Å². The van der Waals surface area contributed by atoms with E-state index in [0.717, 1.165) is 24.5 Å². The van der Waals surface area contributed by atoms with Crippen molar-refractivity contribution in [2.45, 2.75) is 26.3 Å². The molecule has 0 unspecified atom stereocenters. The Morgan fingerprint density at radius 2 is 1.95 bits per heavy atom. The Bertz CT molecular complexity index is 520.